The zero-order valence-electron chi connectivity index (χ0n) is 17.7. The largest absolute Gasteiger partial charge is 0.392 e. The number of hydrogen-bond acceptors (Lipinski definition) is 3. The van der Waals surface area contributed by atoms with Gasteiger partial charge >= 0.3 is 0 Å². The van der Waals surface area contributed by atoms with Crippen LogP contribution in [0.3, 0.4) is 0 Å². The Hall–Kier alpha value is -1.42. The van der Waals surface area contributed by atoms with Gasteiger partial charge in [-0.05, 0) is 77.1 Å². The fourth-order valence-electron chi connectivity index (χ4n) is 4.98. The zero-order valence-corrected chi connectivity index (χ0v) is 17.7. The van der Waals surface area contributed by atoms with Crippen molar-refractivity contribution < 1.29 is 10.2 Å². The molecule has 2 N–H and O–H groups in total. The number of unbranched alkanes of at least 4 members (excludes halogenated alkanes) is 1. The van der Waals surface area contributed by atoms with E-state index in [-0.39, 0.29) is 12.0 Å². The molecule has 0 spiro atoms. The average molecular weight is 384 g/mol. The summed E-state index contributed by atoms with van der Waals surface area (Å²) in [5, 5.41) is 21.0. The van der Waals surface area contributed by atoms with Crippen LogP contribution in [0.15, 0.2) is 48.1 Å². The number of benzene rings is 1. The summed E-state index contributed by atoms with van der Waals surface area (Å²) in [6.45, 7) is 3.23. The van der Waals surface area contributed by atoms with Crippen LogP contribution >= 0.6 is 0 Å². The van der Waals surface area contributed by atoms with E-state index in [0.717, 1.165) is 24.9 Å². The first-order chi connectivity index (χ1) is 13.4. The van der Waals surface area contributed by atoms with Crippen molar-refractivity contribution in [3.05, 3.63) is 59.2 Å². The summed E-state index contributed by atoms with van der Waals surface area (Å²) in [5.41, 5.74) is 3.96. The van der Waals surface area contributed by atoms with E-state index in [9.17, 15) is 10.2 Å². The van der Waals surface area contributed by atoms with Gasteiger partial charge in [0.05, 0.1) is 12.2 Å². The lowest BCUT2D eigenvalue weighted by Crippen LogP contribution is -2.18. The van der Waals surface area contributed by atoms with Gasteiger partial charge in [0.25, 0.3) is 0 Å². The lowest BCUT2D eigenvalue weighted by molar-refractivity contribution is 0.140. The maximum atomic E-state index is 10.5. The quantitative estimate of drug-likeness (QED) is 0.498. The van der Waals surface area contributed by atoms with Gasteiger partial charge in [0, 0.05) is 12.3 Å². The monoisotopic (exact) mass is 383 g/mol. The molecule has 2 aliphatic carbocycles. The number of aliphatic hydroxyl groups excluding tert-OH is 2. The second kappa shape index (κ2) is 9.87. The van der Waals surface area contributed by atoms with Crippen LogP contribution in [0.2, 0.25) is 0 Å². The molecule has 0 bridgehead atoms. The molecule has 0 heterocycles. The molecule has 2 aliphatic rings. The number of aryl methyl sites for hydroxylation is 1. The molecule has 1 aromatic rings. The van der Waals surface area contributed by atoms with Crippen LogP contribution < -0.4 is 0 Å². The minimum atomic E-state index is -0.493. The Morgan fingerprint density at radius 2 is 2.07 bits per heavy atom. The van der Waals surface area contributed by atoms with Crippen molar-refractivity contribution in [3.8, 4) is 0 Å². The van der Waals surface area contributed by atoms with Crippen LogP contribution in [0.5, 0.6) is 0 Å². The highest BCUT2D eigenvalue weighted by Crippen LogP contribution is 2.48. The van der Waals surface area contributed by atoms with Crippen molar-refractivity contribution in [1.29, 1.82) is 0 Å². The molecule has 1 fully saturated rings. The highest BCUT2D eigenvalue weighted by molar-refractivity contribution is 5.24. The van der Waals surface area contributed by atoms with Crippen molar-refractivity contribution in [2.45, 2.75) is 57.7 Å². The second-order valence-corrected chi connectivity index (χ2v) is 9.14. The van der Waals surface area contributed by atoms with Gasteiger partial charge < -0.3 is 15.1 Å². The molecule has 0 aliphatic heterocycles. The zero-order chi connectivity index (χ0) is 20.1. The van der Waals surface area contributed by atoms with Crippen molar-refractivity contribution in [3.63, 3.8) is 0 Å². The minimum Gasteiger partial charge on any atom is -0.392 e. The molecule has 0 amide bonds. The number of allylic oxidation sites excluding steroid dienone is 2. The lowest BCUT2D eigenvalue weighted by atomic mass is 9.88. The molecule has 28 heavy (non-hydrogen) atoms. The third-order valence-electron chi connectivity index (χ3n) is 6.39. The summed E-state index contributed by atoms with van der Waals surface area (Å²) in [5.74, 6) is 1.20. The van der Waals surface area contributed by atoms with Crippen molar-refractivity contribution in [1.82, 2.24) is 4.90 Å². The summed E-state index contributed by atoms with van der Waals surface area (Å²) in [6, 6.07) is 8.30. The highest BCUT2D eigenvalue weighted by Gasteiger charge is 2.43. The molecular formula is C25H37NO2. The number of nitrogens with zero attached hydrogens (tertiary/aromatic N) is 1. The predicted molar refractivity (Wildman–Crippen MR) is 116 cm³/mol. The normalized spacial score (nSPS) is 28.1. The van der Waals surface area contributed by atoms with E-state index in [4.69, 9.17) is 0 Å². The lowest BCUT2D eigenvalue weighted by Gasteiger charge is -2.19. The van der Waals surface area contributed by atoms with Crippen LogP contribution in [0.4, 0.5) is 0 Å². The fourth-order valence-corrected chi connectivity index (χ4v) is 4.98. The Morgan fingerprint density at radius 3 is 2.82 bits per heavy atom. The van der Waals surface area contributed by atoms with Gasteiger partial charge in [-0.3, -0.25) is 0 Å². The van der Waals surface area contributed by atoms with Gasteiger partial charge in [-0.15, -0.1) is 0 Å². The van der Waals surface area contributed by atoms with Crippen LogP contribution in [0, 0.1) is 24.7 Å². The molecule has 0 unspecified atom stereocenters. The topological polar surface area (TPSA) is 43.7 Å². The van der Waals surface area contributed by atoms with E-state index in [2.05, 4.69) is 56.3 Å². The number of rotatable bonds is 9. The van der Waals surface area contributed by atoms with Gasteiger partial charge in [-0.1, -0.05) is 53.6 Å². The average Bonchev–Trinajstić information content (AvgIpc) is 3.13. The van der Waals surface area contributed by atoms with Crippen LogP contribution in [0.25, 0.3) is 0 Å². The van der Waals surface area contributed by atoms with Crippen molar-refractivity contribution in [2.24, 2.45) is 17.8 Å². The van der Waals surface area contributed by atoms with E-state index in [1.807, 2.05) is 12.1 Å². The molecule has 0 radical (unpaired) electrons. The standard InChI is InChI=1S/C25H37NO2/c1-18-7-6-9-19(13-18)15-22(27)10-11-23-24-16-20(8-4-5-12-26(2)3)14-21(24)17-25(23)28/h6-7,9-11,13-14,21-25,27-28H,4-5,8,12,15-17H2,1-3H3/b11-10+/t21-,22-,23+,24-,25+/m0/s1. The molecule has 154 valence electrons. The summed E-state index contributed by atoms with van der Waals surface area (Å²) in [4.78, 5) is 2.25. The molecule has 3 rings (SSSR count). The van der Waals surface area contributed by atoms with Crippen molar-refractivity contribution >= 4 is 0 Å². The van der Waals surface area contributed by atoms with Crippen molar-refractivity contribution in [2.75, 3.05) is 20.6 Å². The Labute approximate surface area is 170 Å². The van der Waals surface area contributed by atoms with Gasteiger partial charge in [0.2, 0.25) is 0 Å². The second-order valence-electron chi connectivity index (χ2n) is 9.14. The van der Waals surface area contributed by atoms with E-state index in [1.165, 1.54) is 24.8 Å². The summed E-state index contributed by atoms with van der Waals surface area (Å²) in [7, 11) is 4.26. The van der Waals surface area contributed by atoms with Gasteiger partial charge in [0.15, 0.2) is 0 Å². The minimum absolute atomic E-state index is 0.174. The van der Waals surface area contributed by atoms with Crippen LogP contribution in [-0.2, 0) is 6.42 Å². The third-order valence-corrected chi connectivity index (χ3v) is 6.39. The van der Waals surface area contributed by atoms with E-state index < -0.39 is 6.10 Å². The first-order valence-electron chi connectivity index (χ1n) is 10.9. The van der Waals surface area contributed by atoms with E-state index in [1.54, 1.807) is 5.57 Å². The fraction of sp³-hybridized carbons (Fsp3) is 0.600. The molecule has 0 saturated heterocycles. The first kappa shape index (κ1) is 21.3. The number of aliphatic hydroxyl groups is 2. The van der Waals surface area contributed by atoms with Gasteiger partial charge in [-0.25, -0.2) is 0 Å². The molecular weight excluding hydrogens is 346 g/mol. The Kier molecular flexibility index (Phi) is 7.50. The maximum absolute atomic E-state index is 10.5. The summed E-state index contributed by atoms with van der Waals surface area (Å²) in [6.07, 6.45) is 12.0. The molecule has 1 aromatic carbocycles. The Bertz CT molecular complexity index is 694. The molecule has 1 saturated carbocycles. The number of hydrogen-bond donors (Lipinski definition) is 2. The third kappa shape index (κ3) is 5.79. The first-order valence-corrected chi connectivity index (χ1v) is 10.9. The molecule has 3 nitrogen and oxygen atoms in total. The predicted octanol–water partition coefficient (Wildman–Crippen LogP) is 4.13. The smallest absolute Gasteiger partial charge is 0.0761 e. The summed E-state index contributed by atoms with van der Waals surface area (Å²) < 4.78 is 0. The molecule has 0 aromatic heterocycles. The van der Waals surface area contributed by atoms with Gasteiger partial charge in [-0.2, -0.15) is 0 Å². The SMILES string of the molecule is Cc1cccc(C[C@@H](O)/C=C/[C@@H]2[C@H]3CC(CCCCN(C)C)=C[C@H]3C[C@H]2O)c1. The van der Waals surface area contributed by atoms with E-state index >= 15 is 0 Å². The molecule has 5 atom stereocenters. The Balaban J connectivity index is 1.50. The maximum Gasteiger partial charge on any atom is 0.0761 e. The summed E-state index contributed by atoms with van der Waals surface area (Å²) >= 11 is 0. The highest BCUT2D eigenvalue weighted by atomic mass is 16.3. The van der Waals surface area contributed by atoms with Crippen LogP contribution in [0.1, 0.15) is 43.2 Å². The van der Waals surface area contributed by atoms with Gasteiger partial charge in [0.1, 0.15) is 0 Å². The number of fused-ring (bicyclic) bond motifs is 1. The van der Waals surface area contributed by atoms with E-state index in [0.29, 0.717) is 18.3 Å². The molecule has 3 heteroatoms. The Morgan fingerprint density at radius 1 is 1.25 bits per heavy atom. The van der Waals surface area contributed by atoms with Crippen LogP contribution in [-0.4, -0.2) is 48.0 Å².